The zero-order valence-electron chi connectivity index (χ0n) is 19.1. The lowest BCUT2D eigenvalue weighted by Crippen LogP contribution is -2.13. The monoisotopic (exact) mass is 479 g/mol. The Morgan fingerprint density at radius 3 is 2.26 bits per heavy atom. The Morgan fingerprint density at radius 2 is 1.62 bits per heavy atom. The number of methoxy groups -OCH3 is 2. The molecule has 34 heavy (non-hydrogen) atoms. The van der Waals surface area contributed by atoms with Gasteiger partial charge in [0, 0.05) is 29.6 Å². The number of rotatable bonds is 8. The first-order valence-electron chi connectivity index (χ1n) is 10.7. The summed E-state index contributed by atoms with van der Waals surface area (Å²) in [6.45, 7) is 1.97. The van der Waals surface area contributed by atoms with Crippen molar-refractivity contribution in [3.05, 3.63) is 78.0 Å². The van der Waals surface area contributed by atoms with E-state index < -0.39 is 16.0 Å². The van der Waals surface area contributed by atoms with Crippen LogP contribution in [-0.4, -0.2) is 37.7 Å². The molecule has 1 N–H and O–H groups in total. The summed E-state index contributed by atoms with van der Waals surface area (Å²) in [4.78, 5) is 11.4. The first-order valence-corrected chi connectivity index (χ1v) is 12.1. The molecule has 0 aliphatic heterocycles. The molecule has 4 aromatic rings. The Labute approximate surface area is 198 Å². The number of carboxylic acids is 1. The lowest BCUT2D eigenvalue weighted by molar-refractivity contribution is -0.136. The molecule has 0 aliphatic carbocycles. The minimum absolute atomic E-state index is 0.131. The molecule has 3 aromatic carbocycles. The molecule has 4 rings (SSSR count). The number of aromatic nitrogens is 1. The molecule has 8 heteroatoms. The van der Waals surface area contributed by atoms with Gasteiger partial charge in [0.15, 0.2) is 11.5 Å². The summed E-state index contributed by atoms with van der Waals surface area (Å²) in [5, 5.41) is 9.78. The molecule has 0 unspecified atom stereocenters. The van der Waals surface area contributed by atoms with E-state index in [9.17, 15) is 18.3 Å². The number of carbonyl (C=O) groups is 1. The first kappa shape index (κ1) is 23.4. The molecule has 0 radical (unpaired) electrons. The number of ether oxygens (including phenoxy) is 2. The van der Waals surface area contributed by atoms with Crippen molar-refractivity contribution in [2.75, 3.05) is 14.2 Å². The van der Waals surface area contributed by atoms with Crippen LogP contribution in [0, 0.1) is 6.92 Å². The van der Waals surface area contributed by atoms with Crippen molar-refractivity contribution in [2.24, 2.45) is 0 Å². The number of fused-ring (bicyclic) bond motifs is 1. The lowest BCUT2D eigenvalue weighted by Gasteiger charge is -2.14. The number of aliphatic carboxylic acids is 1. The zero-order valence-corrected chi connectivity index (χ0v) is 19.9. The summed E-state index contributed by atoms with van der Waals surface area (Å²) in [5.74, 6) is -0.156. The Morgan fingerprint density at radius 1 is 0.971 bits per heavy atom. The summed E-state index contributed by atoms with van der Waals surface area (Å²) in [7, 11) is -1.08. The van der Waals surface area contributed by atoms with Crippen LogP contribution in [0.1, 0.15) is 17.5 Å². The predicted octanol–water partition coefficient (Wildman–Crippen LogP) is 4.89. The summed E-state index contributed by atoms with van der Waals surface area (Å²) in [6, 6.07) is 17.8. The highest BCUT2D eigenvalue weighted by molar-refractivity contribution is 7.90. The molecule has 1 aromatic heterocycles. The van der Waals surface area contributed by atoms with Gasteiger partial charge in [-0.1, -0.05) is 48.0 Å². The third-order valence-electron chi connectivity index (χ3n) is 5.75. The minimum Gasteiger partial charge on any atom is -0.493 e. The zero-order chi connectivity index (χ0) is 24.5. The van der Waals surface area contributed by atoms with Gasteiger partial charge in [-0.2, -0.15) is 0 Å². The van der Waals surface area contributed by atoms with Crippen molar-refractivity contribution in [3.8, 4) is 22.6 Å². The Balaban J connectivity index is 1.96. The van der Waals surface area contributed by atoms with Crippen LogP contribution in [0.15, 0.2) is 71.8 Å². The fraction of sp³-hybridized carbons (Fsp3) is 0.192. The quantitative estimate of drug-likeness (QED) is 0.387. The Bertz CT molecular complexity index is 1470. The van der Waals surface area contributed by atoms with Gasteiger partial charge in [-0.25, -0.2) is 12.4 Å². The van der Waals surface area contributed by atoms with E-state index in [1.807, 2.05) is 31.2 Å². The second-order valence-corrected chi connectivity index (χ2v) is 9.72. The molecule has 0 atom stereocenters. The van der Waals surface area contributed by atoms with Gasteiger partial charge in [-0.05, 0) is 36.6 Å². The van der Waals surface area contributed by atoms with E-state index in [0.717, 1.165) is 11.1 Å². The molecule has 0 aliphatic rings. The van der Waals surface area contributed by atoms with Crippen LogP contribution in [0.3, 0.4) is 0 Å². The third kappa shape index (κ3) is 4.24. The van der Waals surface area contributed by atoms with Crippen LogP contribution < -0.4 is 9.47 Å². The molecule has 176 valence electrons. The first-order chi connectivity index (χ1) is 16.3. The Kier molecular flexibility index (Phi) is 6.34. The SMILES string of the molecule is COc1cc2c(CCC(=O)O)cn(S(=O)(=O)c3ccccc3-c3ccc(C)cc3)c2cc1OC. The number of hydrogen-bond donors (Lipinski definition) is 1. The second-order valence-electron chi connectivity index (χ2n) is 7.94. The lowest BCUT2D eigenvalue weighted by atomic mass is 10.0. The number of benzene rings is 3. The molecule has 7 nitrogen and oxygen atoms in total. The summed E-state index contributed by atoms with van der Waals surface area (Å²) in [6.07, 6.45) is 1.53. The largest absolute Gasteiger partial charge is 0.493 e. The molecule has 0 amide bonds. The maximum absolute atomic E-state index is 14.0. The molecular weight excluding hydrogens is 454 g/mol. The van der Waals surface area contributed by atoms with Gasteiger partial charge < -0.3 is 14.6 Å². The van der Waals surface area contributed by atoms with E-state index in [-0.39, 0.29) is 17.7 Å². The topological polar surface area (TPSA) is 94.8 Å². The molecule has 0 saturated heterocycles. The van der Waals surface area contributed by atoms with Crippen LogP contribution in [0.2, 0.25) is 0 Å². The van der Waals surface area contributed by atoms with E-state index in [0.29, 0.717) is 33.5 Å². The highest BCUT2D eigenvalue weighted by atomic mass is 32.2. The molecule has 0 bridgehead atoms. The van der Waals surface area contributed by atoms with Gasteiger partial charge in [0.25, 0.3) is 10.0 Å². The Hall–Kier alpha value is -3.78. The second kappa shape index (κ2) is 9.23. The van der Waals surface area contributed by atoms with Crippen molar-refractivity contribution < 1.29 is 27.8 Å². The fourth-order valence-electron chi connectivity index (χ4n) is 4.00. The van der Waals surface area contributed by atoms with Crippen molar-refractivity contribution >= 4 is 26.9 Å². The number of aryl methyl sites for hydroxylation is 2. The van der Waals surface area contributed by atoms with Crippen LogP contribution >= 0.6 is 0 Å². The van der Waals surface area contributed by atoms with Gasteiger partial charge in [0.2, 0.25) is 0 Å². The van der Waals surface area contributed by atoms with Crippen molar-refractivity contribution in [1.82, 2.24) is 3.97 Å². The van der Waals surface area contributed by atoms with Crippen molar-refractivity contribution in [2.45, 2.75) is 24.7 Å². The van der Waals surface area contributed by atoms with Crippen LogP contribution in [0.4, 0.5) is 0 Å². The maximum Gasteiger partial charge on any atom is 0.303 e. The van der Waals surface area contributed by atoms with E-state index in [2.05, 4.69) is 0 Å². The molecule has 0 saturated carbocycles. The highest BCUT2D eigenvalue weighted by Crippen LogP contribution is 2.38. The molecule has 0 fully saturated rings. The van der Waals surface area contributed by atoms with Crippen LogP contribution in [0.25, 0.3) is 22.0 Å². The number of hydrogen-bond acceptors (Lipinski definition) is 5. The third-order valence-corrected chi connectivity index (χ3v) is 7.48. The molecular formula is C26H25NO6S. The minimum atomic E-state index is -4.04. The number of nitrogens with zero attached hydrogens (tertiary/aromatic N) is 1. The molecule has 1 heterocycles. The predicted molar refractivity (Wildman–Crippen MR) is 130 cm³/mol. The summed E-state index contributed by atoms with van der Waals surface area (Å²) < 4.78 is 40.0. The van der Waals surface area contributed by atoms with Crippen molar-refractivity contribution in [3.63, 3.8) is 0 Å². The fourth-order valence-corrected chi connectivity index (χ4v) is 5.60. The van der Waals surface area contributed by atoms with Crippen LogP contribution in [0.5, 0.6) is 11.5 Å². The van der Waals surface area contributed by atoms with E-state index >= 15 is 0 Å². The smallest absolute Gasteiger partial charge is 0.303 e. The number of carboxylic acid groups (broad SMARTS) is 1. The van der Waals surface area contributed by atoms with E-state index in [4.69, 9.17) is 9.47 Å². The van der Waals surface area contributed by atoms with E-state index in [1.165, 1.54) is 24.4 Å². The molecule has 0 spiro atoms. The standard InChI is InChI=1S/C26H25NO6S/c1-17-8-10-18(11-9-17)20-6-4-5-7-25(20)34(30,31)27-16-19(12-13-26(28)29)21-14-23(32-2)24(33-3)15-22(21)27/h4-11,14-16H,12-13H2,1-3H3,(H,28,29). The van der Waals surface area contributed by atoms with Gasteiger partial charge in [0.1, 0.15) is 0 Å². The average Bonchev–Trinajstić information content (AvgIpc) is 3.20. The van der Waals surface area contributed by atoms with Gasteiger partial charge in [0.05, 0.1) is 24.6 Å². The average molecular weight is 480 g/mol. The van der Waals surface area contributed by atoms with Crippen molar-refractivity contribution in [1.29, 1.82) is 0 Å². The van der Waals surface area contributed by atoms with E-state index in [1.54, 1.807) is 36.4 Å². The maximum atomic E-state index is 14.0. The van der Waals surface area contributed by atoms with Gasteiger partial charge in [-0.15, -0.1) is 0 Å². The summed E-state index contributed by atoms with van der Waals surface area (Å²) in [5.41, 5.74) is 3.42. The van der Waals surface area contributed by atoms with Gasteiger partial charge in [-0.3, -0.25) is 4.79 Å². The normalized spacial score (nSPS) is 11.5. The highest BCUT2D eigenvalue weighted by Gasteiger charge is 2.26. The van der Waals surface area contributed by atoms with Gasteiger partial charge >= 0.3 is 5.97 Å². The van der Waals surface area contributed by atoms with Crippen LogP contribution in [-0.2, 0) is 21.2 Å². The summed E-state index contributed by atoms with van der Waals surface area (Å²) >= 11 is 0.